The lowest BCUT2D eigenvalue weighted by atomic mass is 9.84. The lowest BCUT2D eigenvalue weighted by molar-refractivity contribution is -0.140. The number of carbonyl (C=O) groups excluding carboxylic acids is 1. The van der Waals surface area contributed by atoms with E-state index in [2.05, 4.69) is 17.2 Å². The molecule has 8 heteroatoms. The summed E-state index contributed by atoms with van der Waals surface area (Å²) in [5.74, 6) is 0.777. The van der Waals surface area contributed by atoms with Gasteiger partial charge in [0.15, 0.2) is 5.69 Å². The molecule has 2 heterocycles. The number of nitrogens with one attached hydrogen (secondary N) is 1. The lowest BCUT2D eigenvalue weighted by Gasteiger charge is -2.29. The normalized spacial score (nSPS) is 18.0. The molecule has 0 aliphatic carbocycles. The van der Waals surface area contributed by atoms with Crippen molar-refractivity contribution in [3.63, 3.8) is 0 Å². The Kier molecular flexibility index (Phi) is 6.02. The molecule has 1 atom stereocenters. The van der Waals surface area contributed by atoms with Gasteiger partial charge in [0, 0.05) is 18.8 Å². The highest BCUT2D eigenvalue weighted by molar-refractivity contribution is 7.09. The summed E-state index contributed by atoms with van der Waals surface area (Å²) in [6, 6.07) is 0. The van der Waals surface area contributed by atoms with Crippen molar-refractivity contribution >= 4 is 17.2 Å². The minimum Gasteiger partial charge on any atom is -0.339 e. The first kappa shape index (κ1) is 18.2. The zero-order valence-electron chi connectivity index (χ0n) is 13.3. The third-order valence-electron chi connectivity index (χ3n) is 4.33. The zero-order chi connectivity index (χ0) is 17.0. The number of amides is 1. The average Bonchev–Trinajstić information content (AvgIpc) is 2.96. The second kappa shape index (κ2) is 7.61. The largest absolute Gasteiger partial charge is 0.434 e. The fourth-order valence-corrected chi connectivity index (χ4v) is 3.67. The number of hydrogen-bond acceptors (Lipinski definition) is 4. The predicted octanol–water partition coefficient (Wildman–Crippen LogP) is 3.15. The summed E-state index contributed by atoms with van der Waals surface area (Å²) < 4.78 is 37.6. The number of carbonyl (C=O) groups is 1. The summed E-state index contributed by atoms with van der Waals surface area (Å²) in [6.45, 7) is 4.17. The number of piperidine rings is 1. The average molecular weight is 349 g/mol. The van der Waals surface area contributed by atoms with E-state index in [1.165, 1.54) is 4.90 Å². The van der Waals surface area contributed by atoms with Gasteiger partial charge >= 0.3 is 6.18 Å². The summed E-state index contributed by atoms with van der Waals surface area (Å²) in [6.07, 6.45) is -1.86. The molecule has 0 saturated carbocycles. The van der Waals surface area contributed by atoms with Gasteiger partial charge in [-0.2, -0.15) is 13.2 Å². The molecule has 1 saturated heterocycles. The van der Waals surface area contributed by atoms with Crippen LogP contribution in [-0.4, -0.2) is 35.9 Å². The Balaban J connectivity index is 1.85. The predicted molar refractivity (Wildman–Crippen MR) is 83.0 cm³/mol. The molecule has 1 aliphatic heterocycles. The van der Waals surface area contributed by atoms with Gasteiger partial charge in [0.05, 0.1) is 6.54 Å². The van der Waals surface area contributed by atoms with Crippen LogP contribution in [0.1, 0.15) is 36.9 Å². The van der Waals surface area contributed by atoms with Crippen LogP contribution in [0.5, 0.6) is 0 Å². The van der Waals surface area contributed by atoms with Crippen molar-refractivity contribution in [3.05, 3.63) is 16.1 Å². The van der Waals surface area contributed by atoms with Crippen molar-refractivity contribution in [2.75, 3.05) is 20.1 Å². The molecule has 0 radical (unpaired) electrons. The third-order valence-corrected chi connectivity index (χ3v) is 5.16. The number of hydrogen-bond donors (Lipinski definition) is 1. The molecule has 0 bridgehead atoms. The van der Waals surface area contributed by atoms with Gasteiger partial charge in [0.25, 0.3) is 0 Å². The van der Waals surface area contributed by atoms with Crippen LogP contribution in [0.3, 0.4) is 0 Å². The third kappa shape index (κ3) is 5.17. The summed E-state index contributed by atoms with van der Waals surface area (Å²) in [5.41, 5.74) is -0.888. The van der Waals surface area contributed by atoms with Gasteiger partial charge in [-0.15, -0.1) is 11.3 Å². The van der Waals surface area contributed by atoms with E-state index in [1.54, 1.807) is 7.05 Å². The topological polar surface area (TPSA) is 45.2 Å². The van der Waals surface area contributed by atoms with Crippen LogP contribution in [0.4, 0.5) is 13.2 Å². The molecule has 1 fully saturated rings. The Morgan fingerprint density at radius 3 is 2.70 bits per heavy atom. The first-order valence-corrected chi connectivity index (χ1v) is 8.61. The number of alkyl halides is 3. The van der Waals surface area contributed by atoms with E-state index in [1.807, 2.05) is 0 Å². The first-order chi connectivity index (χ1) is 10.8. The molecule has 2 rings (SSSR count). The molecule has 130 valence electrons. The summed E-state index contributed by atoms with van der Waals surface area (Å²) >= 11 is 0.936. The van der Waals surface area contributed by atoms with Crippen LogP contribution >= 0.6 is 11.3 Å². The van der Waals surface area contributed by atoms with Gasteiger partial charge in [-0.1, -0.05) is 6.92 Å². The van der Waals surface area contributed by atoms with Crippen molar-refractivity contribution in [1.29, 1.82) is 0 Å². The number of nitrogens with zero attached hydrogens (tertiary/aromatic N) is 2. The second-order valence-corrected chi connectivity index (χ2v) is 7.09. The SMILES string of the molecule is CC(CC(=O)N(C)Cc1nc(C(F)(F)F)cs1)C1CCNCC1. The van der Waals surface area contributed by atoms with E-state index in [0.717, 1.165) is 42.6 Å². The molecule has 1 unspecified atom stereocenters. The number of aromatic nitrogens is 1. The standard InChI is InChI=1S/C15H22F3N3OS/c1-10(11-3-5-19-6-4-11)7-14(22)21(2)8-13-20-12(9-23-13)15(16,17)18/h9-11,19H,3-8H2,1-2H3. The van der Waals surface area contributed by atoms with E-state index >= 15 is 0 Å². The molecule has 1 amide bonds. The molecule has 1 aromatic rings. The highest BCUT2D eigenvalue weighted by Crippen LogP contribution is 2.30. The smallest absolute Gasteiger partial charge is 0.339 e. The molecule has 4 nitrogen and oxygen atoms in total. The summed E-state index contributed by atoms with van der Waals surface area (Å²) in [5, 5.41) is 4.60. The molecule has 1 aromatic heterocycles. The first-order valence-electron chi connectivity index (χ1n) is 7.73. The van der Waals surface area contributed by atoms with Gasteiger partial charge < -0.3 is 10.2 Å². The van der Waals surface area contributed by atoms with E-state index in [0.29, 0.717) is 17.3 Å². The fraction of sp³-hybridized carbons (Fsp3) is 0.733. The maximum absolute atomic E-state index is 12.5. The van der Waals surface area contributed by atoms with E-state index < -0.39 is 11.9 Å². The van der Waals surface area contributed by atoms with Gasteiger partial charge in [0.1, 0.15) is 5.01 Å². The van der Waals surface area contributed by atoms with Crippen LogP contribution in [0.2, 0.25) is 0 Å². The van der Waals surface area contributed by atoms with Crippen LogP contribution in [0.15, 0.2) is 5.38 Å². The molecule has 1 N–H and O–H groups in total. The summed E-state index contributed by atoms with van der Waals surface area (Å²) in [7, 11) is 1.62. The Bertz CT molecular complexity index is 526. The highest BCUT2D eigenvalue weighted by Gasteiger charge is 2.34. The van der Waals surface area contributed by atoms with Gasteiger partial charge in [-0.3, -0.25) is 4.79 Å². The number of halogens is 3. The van der Waals surface area contributed by atoms with Crippen molar-refractivity contribution in [1.82, 2.24) is 15.2 Å². The minimum atomic E-state index is -4.43. The van der Waals surface area contributed by atoms with Crippen molar-refractivity contribution < 1.29 is 18.0 Å². The Morgan fingerprint density at radius 2 is 2.13 bits per heavy atom. The fourth-order valence-electron chi connectivity index (χ4n) is 2.82. The van der Waals surface area contributed by atoms with Crippen LogP contribution in [0.25, 0.3) is 0 Å². The molecule has 23 heavy (non-hydrogen) atoms. The van der Waals surface area contributed by atoms with Crippen LogP contribution in [-0.2, 0) is 17.5 Å². The maximum atomic E-state index is 12.5. The lowest BCUT2D eigenvalue weighted by Crippen LogP contribution is -2.34. The molecule has 0 spiro atoms. The van der Waals surface area contributed by atoms with Crippen LogP contribution in [0, 0.1) is 11.8 Å². The zero-order valence-corrected chi connectivity index (χ0v) is 14.1. The summed E-state index contributed by atoms with van der Waals surface area (Å²) in [4.78, 5) is 17.3. The molecule has 1 aliphatic rings. The number of thiazole rings is 1. The van der Waals surface area contributed by atoms with Crippen molar-refractivity contribution in [2.45, 2.75) is 38.9 Å². The molecular weight excluding hydrogens is 327 g/mol. The van der Waals surface area contributed by atoms with Crippen LogP contribution < -0.4 is 5.32 Å². The number of rotatable bonds is 5. The maximum Gasteiger partial charge on any atom is 0.434 e. The van der Waals surface area contributed by atoms with Gasteiger partial charge in [0.2, 0.25) is 5.91 Å². The molecular formula is C15H22F3N3OS. The van der Waals surface area contributed by atoms with Crippen molar-refractivity contribution in [2.24, 2.45) is 11.8 Å². The van der Waals surface area contributed by atoms with Gasteiger partial charge in [-0.25, -0.2) is 4.98 Å². The minimum absolute atomic E-state index is 0.0419. The van der Waals surface area contributed by atoms with E-state index in [4.69, 9.17) is 0 Å². The quantitative estimate of drug-likeness (QED) is 0.888. The van der Waals surface area contributed by atoms with E-state index in [9.17, 15) is 18.0 Å². The molecule has 0 aromatic carbocycles. The van der Waals surface area contributed by atoms with Crippen molar-refractivity contribution in [3.8, 4) is 0 Å². The monoisotopic (exact) mass is 349 g/mol. The van der Waals surface area contributed by atoms with Gasteiger partial charge in [-0.05, 0) is 37.8 Å². The second-order valence-electron chi connectivity index (χ2n) is 6.14. The Hall–Kier alpha value is -1.15. The Morgan fingerprint density at radius 1 is 1.48 bits per heavy atom. The highest BCUT2D eigenvalue weighted by atomic mass is 32.1. The van der Waals surface area contributed by atoms with E-state index in [-0.39, 0.29) is 18.4 Å². The Labute approximate surface area is 138 Å².